The molecule has 1 unspecified atom stereocenters. The van der Waals surface area contributed by atoms with Gasteiger partial charge >= 0.3 is 7.12 Å². The molecule has 4 heteroatoms. The third-order valence-corrected chi connectivity index (χ3v) is 5.85. The molecule has 1 N–H and O–H groups in total. The number of rotatable bonds is 1. The summed E-state index contributed by atoms with van der Waals surface area (Å²) < 4.78 is 12.4. The minimum atomic E-state index is 0.0302. The predicted molar refractivity (Wildman–Crippen MR) is 66.5 cm³/mol. The van der Waals surface area contributed by atoms with Crippen LogP contribution < -0.4 is 5.32 Å². The van der Waals surface area contributed by atoms with Crippen LogP contribution in [-0.4, -0.2) is 31.8 Å². The molecule has 2 saturated heterocycles. The van der Waals surface area contributed by atoms with Gasteiger partial charge in [-0.3, -0.25) is 0 Å². The Morgan fingerprint density at radius 1 is 1.24 bits per heavy atom. The third-order valence-electron chi connectivity index (χ3n) is 5.85. The Bertz CT molecular complexity index is 329. The molecule has 3 saturated carbocycles. The molecule has 5 aliphatic rings. The number of nitrogens with one attached hydrogen (secondary N) is 1. The molecule has 0 radical (unpaired) electrons. The molecule has 94 valence electrons. The van der Waals surface area contributed by atoms with Crippen molar-refractivity contribution in [3.63, 3.8) is 0 Å². The fraction of sp³-hybridized carbons (Fsp3) is 1.00. The van der Waals surface area contributed by atoms with Crippen molar-refractivity contribution in [2.45, 2.75) is 57.7 Å². The van der Waals surface area contributed by atoms with Crippen molar-refractivity contribution < 1.29 is 9.31 Å². The summed E-state index contributed by atoms with van der Waals surface area (Å²) in [5.74, 6) is 2.05. The second kappa shape index (κ2) is 3.49. The highest BCUT2D eigenvalue weighted by atomic mass is 16.7. The van der Waals surface area contributed by atoms with Gasteiger partial charge in [0, 0.05) is 5.94 Å². The fourth-order valence-electron chi connectivity index (χ4n) is 4.50. The highest BCUT2D eigenvalue weighted by Crippen LogP contribution is 2.61. The molecule has 5 fully saturated rings. The van der Waals surface area contributed by atoms with Gasteiger partial charge < -0.3 is 14.6 Å². The summed E-state index contributed by atoms with van der Waals surface area (Å²) in [7, 11) is 0.0302. The van der Waals surface area contributed by atoms with Gasteiger partial charge in [0.15, 0.2) is 0 Å². The molecular formula is C13H22BNO2. The lowest BCUT2D eigenvalue weighted by Gasteiger charge is -2.60. The van der Waals surface area contributed by atoms with Crippen LogP contribution in [0.4, 0.5) is 0 Å². The van der Waals surface area contributed by atoms with Crippen LogP contribution in [0.25, 0.3) is 0 Å². The Morgan fingerprint density at radius 3 is 2.82 bits per heavy atom. The van der Waals surface area contributed by atoms with Crippen molar-refractivity contribution in [2.75, 3.05) is 6.54 Å². The first-order chi connectivity index (χ1) is 8.16. The van der Waals surface area contributed by atoms with Gasteiger partial charge in [-0.25, -0.2) is 0 Å². The summed E-state index contributed by atoms with van der Waals surface area (Å²) >= 11 is 0. The van der Waals surface area contributed by atoms with Crippen LogP contribution in [0.2, 0.25) is 0 Å². The summed E-state index contributed by atoms with van der Waals surface area (Å²) in [6.45, 7) is 5.94. The van der Waals surface area contributed by atoms with E-state index in [-0.39, 0.29) is 7.12 Å². The van der Waals surface area contributed by atoms with E-state index in [0.717, 1.165) is 18.4 Å². The lowest BCUT2D eigenvalue weighted by atomic mass is 9.47. The topological polar surface area (TPSA) is 30.5 Å². The Labute approximate surface area is 104 Å². The Morgan fingerprint density at radius 2 is 2.12 bits per heavy atom. The highest BCUT2D eigenvalue weighted by molar-refractivity contribution is 6.47. The van der Waals surface area contributed by atoms with Crippen molar-refractivity contribution in [2.24, 2.45) is 17.3 Å². The van der Waals surface area contributed by atoms with Crippen molar-refractivity contribution in [1.29, 1.82) is 0 Å². The van der Waals surface area contributed by atoms with E-state index in [9.17, 15) is 0 Å². The van der Waals surface area contributed by atoms with E-state index in [1.54, 1.807) is 0 Å². The molecule has 2 heterocycles. The Kier molecular flexibility index (Phi) is 2.22. The van der Waals surface area contributed by atoms with Gasteiger partial charge in [-0.05, 0) is 49.5 Å². The molecule has 17 heavy (non-hydrogen) atoms. The molecule has 0 aromatic carbocycles. The summed E-state index contributed by atoms with van der Waals surface area (Å²) in [6, 6.07) is 0. The van der Waals surface area contributed by atoms with Crippen molar-refractivity contribution >= 4 is 7.12 Å². The lowest BCUT2D eigenvalue weighted by Crippen LogP contribution is -2.59. The van der Waals surface area contributed by atoms with Gasteiger partial charge in [-0.1, -0.05) is 13.8 Å². The third kappa shape index (κ3) is 1.41. The zero-order chi connectivity index (χ0) is 11.6. The Balaban J connectivity index is 1.50. The van der Waals surface area contributed by atoms with Gasteiger partial charge in [0.05, 0.1) is 12.2 Å². The van der Waals surface area contributed by atoms with Crippen LogP contribution in [-0.2, 0) is 9.31 Å². The van der Waals surface area contributed by atoms with E-state index in [4.69, 9.17) is 9.31 Å². The molecule has 5 rings (SSSR count). The van der Waals surface area contributed by atoms with Crippen LogP contribution >= 0.6 is 0 Å². The Hall–Kier alpha value is -0.0551. The van der Waals surface area contributed by atoms with E-state index in [1.165, 1.54) is 25.7 Å². The van der Waals surface area contributed by atoms with E-state index in [0.29, 0.717) is 23.6 Å². The molecule has 0 spiro atoms. The SMILES string of the molecule is CC1(C)[C@H]2C[C@@H]1[C@@H]1OB(C3CCCN3)O[C@@H]1C2. The molecule has 0 aromatic heterocycles. The smallest absolute Gasteiger partial charge is 0.405 e. The second-order valence-corrected chi connectivity index (χ2v) is 6.94. The molecule has 5 atom stereocenters. The van der Waals surface area contributed by atoms with Crippen molar-refractivity contribution in [3.05, 3.63) is 0 Å². The van der Waals surface area contributed by atoms with Crippen LogP contribution in [0.5, 0.6) is 0 Å². The largest absolute Gasteiger partial charge is 0.475 e. The van der Waals surface area contributed by atoms with Gasteiger partial charge in [0.25, 0.3) is 0 Å². The fourth-order valence-corrected chi connectivity index (χ4v) is 4.50. The zero-order valence-electron chi connectivity index (χ0n) is 10.8. The molecule has 3 nitrogen and oxygen atoms in total. The lowest BCUT2D eigenvalue weighted by molar-refractivity contribution is -0.150. The van der Waals surface area contributed by atoms with E-state index >= 15 is 0 Å². The molecule has 2 bridgehead atoms. The first-order valence-electron chi connectivity index (χ1n) is 7.20. The van der Waals surface area contributed by atoms with E-state index < -0.39 is 0 Å². The second-order valence-electron chi connectivity index (χ2n) is 6.94. The van der Waals surface area contributed by atoms with Crippen LogP contribution in [0.15, 0.2) is 0 Å². The summed E-state index contributed by atoms with van der Waals surface area (Å²) in [4.78, 5) is 0. The number of hydrogen-bond acceptors (Lipinski definition) is 3. The highest BCUT2D eigenvalue weighted by Gasteiger charge is 2.62. The van der Waals surface area contributed by atoms with E-state index in [2.05, 4.69) is 19.2 Å². The van der Waals surface area contributed by atoms with Crippen molar-refractivity contribution in [1.82, 2.24) is 5.32 Å². The van der Waals surface area contributed by atoms with E-state index in [1.807, 2.05) is 0 Å². The quantitative estimate of drug-likeness (QED) is 0.700. The first kappa shape index (κ1) is 10.8. The molecular weight excluding hydrogens is 213 g/mol. The minimum Gasteiger partial charge on any atom is -0.405 e. The molecule has 0 aromatic rings. The van der Waals surface area contributed by atoms with Crippen LogP contribution in [0, 0.1) is 17.3 Å². The van der Waals surface area contributed by atoms with Gasteiger partial charge in [0.2, 0.25) is 0 Å². The van der Waals surface area contributed by atoms with Crippen LogP contribution in [0.1, 0.15) is 39.5 Å². The van der Waals surface area contributed by atoms with Gasteiger partial charge in [-0.2, -0.15) is 0 Å². The van der Waals surface area contributed by atoms with Crippen molar-refractivity contribution in [3.8, 4) is 0 Å². The maximum Gasteiger partial charge on any atom is 0.475 e. The number of hydrogen-bond donors (Lipinski definition) is 1. The molecule has 0 amide bonds. The monoisotopic (exact) mass is 235 g/mol. The normalized spacial score (nSPS) is 51.2. The average Bonchev–Trinajstić information content (AvgIpc) is 2.96. The predicted octanol–water partition coefficient (Wildman–Crippen LogP) is 1.62. The summed E-state index contributed by atoms with van der Waals surface area (Å²) in [5, 5.41) is 3.51. The standard InChI is InChI=1S/C13H22BNO2/c1-13(2)8-6-9(13)12-10(7-8)16-14(17-12)11-4-3-5-15-11/h8-12,15H,3-7H2,1-2H3/t8-,9+,10+,11?,12-/m0/s1. The minimum absolute atomic E-state index is 0.0302. The first-order valence-corrected chi connectivity index (χ1v) is 7.20. The summed E-state index contributed by atoms with van der Waals surface area (Å²) in [5.41, 5.74) is 0.489. The van der Waals surface area contributed by atoms with Crippen LogP contribution in [0.3, 0.4) is 0 Å². The van der Waals surface area contributed by atoms with Gasteiger partial charge in [-0.15, -0.1) is 0 Å². The average molecular weight is 235 g/mol. The maximum absolute atomic E-state index is 6.25. The molecule has 2 aliphatic heterocycles. The summed E-state index contributed by atoms with van der Waals surface area (Å²) in [6.07, 6.45) is 5.82. The molecule has 3 aliphatic carbocycles. The van der Waals surface area contributed by atoms with Gasteiger partial charge in [0.1, 0.15) is 0 Å². The maximum atomic E-state index is 6.25. The zero-order valence-corrected chi connectivity index (χ0v) is 10.8.